The van der Waals surface area contributed by atoms with Crippen LogP contribution < -0.4 is 18.9 Å². The summed E-state index contributed by atoms with van der Waals surface area (Å²) in [6, 6.07) is 20.8. The highest BCUT2D eigenvalue weighted by atomic mass is 16.5. The van der Waals surface area contributed by atoms with Gasteiger partial charge in [-0.1, -0.05) is 64.1 Å². The predicted octanol–water partition coefficient (Wildman–Crippen LogP) is 6.37. The van der Waals surface area contributed by atoms with Crippen LogP contribution in [0.25, 0.3) is 0 Å². The van der Waals surface area contributed by atoms with E-state index in [4.69, 9.17) is 18.9 Å². The van der Waals surface area contributed by atoms with Gasteiger partial charge in [-0.15, -0.1) is 0 Å². The second-order valence-electron chi connectivity index (χ2n) is 8.96. The summed E-state index contributed by atoms with van der Waals surface area (Å²) in [5.41, 5.74) is 4.18. The average Bonchev–Trinajstić information content (AvgIpc) is 2.82. The molecule has 3 aromatic rings. The molecule has 0 fully saturated rings. The van der Waals surface area contributed by atoms with Crippen LogP contribution in [-0.2, 0) is 10.8 Å². The van der Waals surface area contributed by atoms with Gasteiger partial charge in [-0.05, 0) is 23.3 Å². The SMILES string of the molecule is COc1ccc(C(C)(C)c2ccc(C(C)(C)c3ccc(OC)cc3OC)cc2)c(OC)c1. The van der Waals surface area contributed by atoms with Crippen molar-refractivity contribution in [3.8, 4) is 23.0 Å². The van der Waals surface area contributed by atoms with Crippen molar-refractivity contribution < 1.29 is 18.9 Å². The highest BCUT2D eigenvalue weighted by Gasteiger charge is 2.30. The molecule has 0 amide bonds. The zero-order valence-electron chi connectivity index (χ0n) is 20.4. The molecule has 0 saturated heterocycles. The van der Waals surface area contributed by atoms with Gasteiger partial charge < -0.3 is 18.9 Å². The van der Waals surface area contributed by atoms with Gasteiger partial charge in [0, 0.05) is 34.1 Å². The molecule has 0 aliphatic heterocycles. The molecule has 3 rings (SSSR count). The number of benzene rings is 3. The van der Waals surface area contributed by atoms with E-state index in [2.05, 4.69) is 64.1 Å². The van der Waals surface area contributed by atoms with Crippen molar-refractivity contribution in [1.82, 2.24) is 0 Å². The zero-order chi connectivity index (χ0) is 23.5. The van der Waals surface area contributed by atoms with E-state index in [0.29, 0.717) is 0 Å². The zero-order valence-corrected chi connectivity index (χ0v) is 20.4. The smallest absolute Gasteiger partial charge is 0.126 e. The largest absolute Gasteiger partial charge is 0.497 e. The first-order chi connectivity index (χ1) is 15.2. The third-order valence-electron chi connectivity index (χ3n) is 6.49. The highest BCUT2D eigenvalue weighted by Crippen LogP contribution is 2.42. The summed E-state index contributed by atoms with van der Waals surface area (Å²) in [5, 5.41) is 0. The number of ether oxygens (including phenoxy) is 4. The first-order valence-corrected chi connectivity index (χ1v) is 10.7. The fourth-order valence-corrected chi connectivity index (χ4v) is 4.24. The van der Waals surface area contributed by atoms with E-state index in [9.17, 15) is 0 Å². The molecule has 0 radical (unpaired) electrons. The van der Waals surface area contributed by atoms with E-state index in [0.717, 1.165) is 34.1 Å². The van der Waals surface area contributed by atoms with E-state index in [1.807, 2.05) is 24.3 Å². The number of hydrogen-bond acceptors (Lipinski definition) is 4. The van der Waals surface area contributed by atoms with Crippen LogP contribution in [0, 0.1) is 0 Å². The Labute approximate surface area is 192 Å². The van der Waals surface area contributed by atoms with Gasteiger partial charge in [0.25, 0.3) is 0 Å². The Kier molecular flexibility index (Phi) is 6.73. The summed E-state index contributed by atoms with van der Waals surface area (Å²) < 4.78 is 22.1. The molecular formula is C28H34O4. The van der Waals surface area contributed by atoms with Gasteiger partial charge in [-0.25, -0.2) is 0 Å². The third kappa shape index (κ3) is 4.27. The van der Waals surface area contributed by atoms with E-state index in [1.165, 1.54) is 11.1 Å². The quantitative estimate of drug-likeness (QED) is 0.413. The maximum absolute atomic E-state index is 5.67. The van der Waals surface area contributed by atoms with Crippen LogP contribution in [0.2, 0.25) is 0 Å². The second kappa shape index (κ2) is 9.15. The monoisotopic (exact) mass is 434 g/mol. The molecule has 4 nitrogen and oxygen atoms in total. The fourth-order valence-electron chi connectivity index (χ4n) is 4.24. The van der Waals surface area contributed by atoms with E-state index in [-0.39, 0.29) is 10.8 Å². The second-order valence-corrected chi connectivity index (χ2v) is 8.96. The van der Waals surface area contributed by atoms with Crippen molar-refractivity contribution >= 4 is 0 Å². The molecule has 32 heavy (non-hydrogen) atoms. The number of methoxy groups -OCH3 is 4. The Morgan fingerprint density at radius 1 is 0.469 bits per heavy atom. The van der Waals surface area contributed by atoms with Crippen molar-refractivity contribution in [2.45, 2.75) is 38.5 Å². The molecule has 0 aliphatic rings. The molecule has 0 spiro atoms. The summed E-state index contributed by atoms with van der Waals surface area (Å²) in [5.74, 6) is 3.21. The molecule has 0 unspecified atom stereocenters. The van der Waals surface area contributed by atoms with Crippen LogP contribution in [0.4, 0.5) is 0 Å². The average molecular weight is 435 g/mol. The Balaban J connectivity index is 1.98. The standard InChI is InChI=1S/C28H34O4/c1-27(2,23-15-13-21(29-5)17-25(23)31-7)19-9-11-20(12-10-19)28(3,4)24-16-14-22(30-6)18-26(24)32-8/h9-18H,1-8H3. The highest BCUT2D eigenvalue weighted by molar-refractivity contribution is 5.52. The molecule has 0 bridgehead atoms. The molecule has 4 heteroatoms. The van der Waals surface area contributed by atoms with Crippen LogP contribution in [0.3, 0.4) is 0 Å². The van der Waals surface area contributed by atoms with Crippen LogP contribution in [-0.4, -0.2) is 28.4 Å². The van der Waals surface area contributed by atoms with Gasteiger partial charge in [0.1, 0.15) is 23.0 Å². The minimum absolute atomic E-state index is 0.238. The van der Waals surface area contributed by atoms with Gasteiger partial charge in [-0.3, -0.25) is 0 Å². The summed E-state index contributed by atoms with van der Waals surface area (Å²) in [7, 11) is 6.72. The first-order valence-electron chi connectivity index (χ1n) is 10.7. The lowest BCUT2D eigenvalue weighted by molar-refractivity contribution is 0.384. The summed E-state index contributed by atoms with van der Waals surface area (Å²) >= 11 is 0. The van der Waals surface area contributed by atoms with Gasteiger partial charge in [-0.2, -0.15) is 0 Å². The number of rotatable bonds is 8. The summed E-state index contributed by atoms with van der Waals surface area (Å²) in [6.07, 6.45) is 0. The molecule has 0 saturated carbocycles. The lowest BCUT2D eigenvalue weighted by atomic mass is 9.74. The molecule has 170 valence electrons. The topological polar surface area (TPSA) is 36.9 Å². The van der Waals surface area contributed by atoms with Crippen LogP contribution in [0.5, 0.6) is 23.0 Å². The normalized spacial score (nSPS) is 11.8. The van der Waals surface area contributed by atoms with Crippen LogP contribution >= 0.6 is 0 Å². The van der Waals surface area contributed by atoms with Crippen molar-refractivity contribution in [2.24, 2.45) is 0 Å². The fraction of sp³-hybridized carbons (Fsp3) is 0.357. The molecule has 0 heterocycles. The van der Waals surface area contributed by atoms with Crippen LogP contribution in [0.15, 0.2) is 60.7 Å². The van der Waals surface area contributed by atoms with Crippen molar-refractivity contribution in [3.05, 3.63) is 82.9 Å². The predicted molar refractivity (Wildman–Crippen MR) is 130 cm³/mol. The van der Waals surface area contributed by atoms with Crippen LogP contribution in [0.1, 0.15) is 49.9 Å². The van der Waals surface area contributed by atoms with Crippen molar-refractivity contribution in [2.75, 3.05) is 28.4 Å². The molecule has 0 atom stereocenters. The third-order valence-corrected chi connectivity index (χ3v) is 6.49. The van der Waals surface area contributed by atoms with Crippen molar-refractivity contribution in [3.63, 3.8) is 0 Å². The molecule has 0 N–H and O–H groups in total. The minimum atomic E-state index is -0.238. The number of hydrogen-bond donors (Lipinski definition) is 0. The van der Waals surface area contributed by atoms with E-state index >= 15 is 0 Å². The summed E-state index contributed by atoms with van der Waals surface area (Å²) in [4.78, 5) is 0. The Hall–Kier alpha value is -3.14. The van der Waals surface area contributed by atoms with Crippen molar-refractivity contribution in [1.29, 1.82) is 0 Å². The maximum atomic E-state index is 5.67. The van der Waals surface area contributed by atoms with Gasteiger partial charge in [0.05, 0.1) is 28.4 Å². The van der Waals surface area contributed by atoms with Gasteiger partial charge in [0.15, 0.2) is 0 Å². The minimum Gasteiger partial charge on any atom is -0.497 e. The molecule has 3 aromatic carbocycles. The first kappa shape index (κ1) is 23.5. The van der Waals surface area contributed by atoms with E-state index < -0.39 is 0 Å². The molecular weight excluding hydrogens is 400 g/mol. The van der Waals surface area contributed by atoms with Gasteiger partial charge in [0.2, 0.25) is 0 Å². The van der Waals surface area contributed by atoms with E-state index in [1.54, 1.807) is 28.4 Å². The van der Waals surface area contributed by atoms with Gasteiger partial charge >= 0.3 is 0 Å². The lowest BCUT2D eigenvalue weighted by Crippen LogP contribution is -2.22. The Bertz CT molecular complexity index is 979. The summed E-state index contributed by atoms with van der Waals surface area (Å²) in [6.45, 7) is 8.85. The maximum Gasteiger partial charge on any atom is 0.126 e. The molecule has 0 aromatic heterocycles. The molecule has 0 aliphatic carbocycles. The Morgan fingerprint density at radius 3 is 1.09 bits per heavy atom. The lowest BCUT2D eigenvalue weighted by Gasteiger charge is -2.31. The Morgan fingerprint density at radius 2 is 0.812 bits per heavy atom.